The molecule has 9 nitrogen and oxygen atoms in total. The van der Waals surface area contributed by atoms with E-state index in [0.717, 1.165) is 12.1 Å². The van der Waals surface area contributed by atoms with Crippen LogP contribution < -0.4 is 20.7 Å². The zero-order valence-electron chi connectivity index (χ0n) is 25.1. The number of aromatic nitrogens is 1. The molecule has 1 saturated carbocycles. The Morgan fingerprint density at radius 3 is 2.47 bits per heavy atom. The molecule has 252 valence electrons. The van der Waals surface area contributed by atoms with E-state index in [4.69, 9.17) is 11.6 Å². The van der Waals surface area contributed by atoms with Crippen LogP contribution in [0.5, 0.6) is 5.75 Å². The topological polar surface area (TPSA) is 119 Å². The Kier molecular flexibility index (Phi) is 11.6. The summed E-state index contributed by atoms with van der Waals surface area (Å²) in [5.74, 6) is -3.20. The first-order chi connectivity index (χ1) is 22.3. The molecular formula is C32H32ClF5N4O5. The second kappa shape index (κ2) is 15.4. The molecule has 4 rings (SSSR count). The third kappa shape index (κ3) is 9.31. The van der Waals surface area contributed by atoms with Crippen LogP contribution in [-0.2, 0) is 26.3 Å². The molecule has 3 amide bonds. The molecule has 0 spiro atoms. The van der Waals surface area contributed by atoms with Crippen molar-refractivity contribution in [2.75, 3.05) is 13.7 Å². The van der Waals surface area contributed by atoms with Crippen LogP contribution in [0.4, 0.5) is 26.7 Å². The minimum absolute atomic E-state index is 0.00783. The summed E-state index contributed by atoms with van der Waals surface area (Å²) in [5.41, 5.74) is -1.19. The number of urea groups is 1. The highest BCUT2D eigenvalue weighted by molar-refractivity contribution is 6.30. The van der Waals surface area contributed by atoms with Crippen molar-refractivity contribution < 1.29 is 45.8 Å². The van der Waals surface area contributed by atoms with Crippen LogP contribution in [0, 0.1) is 11.7 Å². The fraction of sp³-hybridized carbons (Fsp3) is 0.375. The van der Waals surface area contributed by atoms with Gasteiger partial charge in [-0.2, -0.15) is 17.6 Å². The van der Waals surface area contributed by atoms with Gasteiger partial charge < -0.3 is 25.4 Å². The van der Waals surface area contributed by atoms with Gasteiger partial charge in [0.25, 0.3) is 0 Å². The van der Waals surface area contributed by atoms with Crippen LogP contribution in [0.1, 0.15) is 42.5 Å². The van der Waals surface area contributed by atoms with Crippen LogP contribution in [0.15, 0.2) is 66.9 Å². The molecule has 47 heavy (non-hydrogen) atoms. The SMILES string of the molecule is COC(=O)CCNC(=O)[C@H]1CC[C@@H](NC(=O)N[C@@](Cc2ccccc2)(c2cc(F)cc(OC(F)(F)C(F)F)c2)c2ccc(Cl)cn2)C1. The lowest BCUT2D eigenvalue weighted by atomic mass is 9.80. The van der Waals surface area contributed by atoms with Crippen LogP contribution >= 0.6 is 11.6 Å². The summed E-state index contributed by atoms with van der Waals surface area (Å²) in [4.78, 5) is 42.0. The lowest BCUT2D eigenvalue weighted by molar-refractivity contribution is -0.253. The average molecular weight is 683 g/mol. The summed E-state index contributed by atoms with van der Waals surface area (Å²) in [5, 5.41) is 8.55. The average Bonchev–Trinajstić information content (AvgIpc) is 3.49. The van der Waals surface area contributed by atoms with Crippen molar-refractivity contribution in [3.63, 3.8) is 0 Å². The summed E-state index contributed by atoms with van der Waals surface area (Å²) < 4.78 is 77.6. The highest BCUT2D eigenvalue weighted by Crippen LogP contribution is 2.37. The number of methoxy groups -OCH3 is 1. The Morgan fingerprint density at radius 2 is 1.81 bits per heavy atom. The van der Waals surface area contributed by atoms with E-state index in [-0.39, 0.29) is 48.0 Å². The molecule has 0 radical (unpaired) electrons. The van der Waals surface area contributed by atoms with Crippen LogP contribution in [-0.4, -0.2) is 55.1 Å². The number of hydrogen-bond acceptors (Lipinski definition) is 6. The van der Waals surface area contributed by atoms with E-state index >= 15 is 4.39 Å². The zero-order valence-corrected chi connectivity index (χ0v) is 25.8. The molecule has 0 bridgehead atoms. The molecule has 1 aliphatic carbocycles. The maximum atomic E-state index is 15.0. The number of nitrogens with zero attached hydrogens (tertiary/aromatic N) is 1. The Bertz CT molecular complexity index is 1550. The summed E-state index contributed by atoms with van der Waals surface area (Å²) in [7, 11) is 1.24. The van der Waals surface area contributed by atoms with Crippen molar-refractivity contribution in [2.24, 2.45) is 5.92 Å². The minimum Gasteiger partial charge on any atom is -0.469 e. The molecular weight excluding hydrogens is 651 g/mol. The number of ether oxygens (including phenoxy) is 2. The third-order valence-corrected chi connectivity index (χ3v) is 7.89. The number of esters is 1. The van der Waals surface area contributed by atoms with Gasteiger partial charge in [-0.15, -0.1) is 0 Å². The number of pyridine rings is 1. The predicted octanol–water partition coefficient (Wildman–Crippen LogP) is 5.74. The number of amides is 3. The van der Waals surface area contributed by atoms with E-state index in [2.05, 4.69) is 30.4 Å². The molecule has 0 unspecified atom stereocenters. The molecule has 3 atom stereocenters. The molecule has 1 fully saturated rings. The molecule has 15 heteroatoms. The number of hydrogen-bond donors (Lipinski definition) is 3. The lowest BCUT2D eigenvalue weighted by Gasteiger charge is -2.36. The summed E-state index contributed by atoms with van der Waals surface area (Å²) in [6.45, 7) is 0.0965. The van der Waals surface area contributed by atoms with Gasteiger partial charge in [-0.05, 0) is 54.7 Å². The van der Waals surface area contributed by atoms with Gasteiger partial charge in [-0.3, -0.25) is 14.6 Å². The number of carbonyl (C=O) groups excluding carboxylic acids is 3. The van der Waals surface area contributed by atoms with Crippen molar-refractivity contribution in [1.29, 1.82) is 0 Å². The fourth-order valence-electron chi connectivity index (χ4n) is 5.42. The first-order valence-electron chi connectivity index (χ1n) is 14.6. The highest BCUT2D eigenvalue weighted by atomic mass is 35.5. The van der Waals surface area contributed by atoms with Crippen LogP contribution in [0.25, 0.3) is 0 Å². The monoisotopic (exact) mass is 682 g/mol. The maximum absolute atomic E-state index is 15.0. The quantitative estimate of drug-likeness (QED) is 0.156. The van der Waals surface area contributed by atoms with E-state index in [1.54, 1.807) is 30.3 Å². The number of carbonyl (C=O) groups is 3. The molecule has 1 aromatic heterocycles. The van der Waals surface area contributed by atoms with E-state index in [1.165, 1.54) is 25.4 Å². The maximum Gasteiger partial charge on any atom is 0.461 e. The lowest BCUT2D eigenvalue weighted by Crippen LogP contribution is -2.54. The molecule has 2 aromatic carbocycles. The summed E-state index contributed by atoms with van der Waals surface area (Å²) in [6.07, 6.45) is -6.77. The van der Waals surface area contributed by atoms with Crippen molar-refractivity contribution in [1.82, 2.24) is 20.9 Å². The smallest absolute Gasteiger partial charge is 0.461 e. The van der Waals surface area contributed by atoms with Gasteiger partial charge in [0.2, 0.25) is 5.91 Å². The van der Waals surface area contributed by atoms with Gasteiger partial charge >= 0.3 is 24.5 Å². The van der Waals surface area contributed by atoms with E-state index in [0.29, 0.717) is 24.5 Å². The zero-order chi connectivity index (χ0) is 34.2. The van der Waals surface area contributed by atoms with Crippen LogP contribution in [0.3, 0.4) is 0 Å². The summed E-state index contributed by atoms with van der Waals surface area (Å²) in [6, 6.07) is 12.7. The number of halogens is 6. The first kappa shape index (κ1) is 35.4. The van der Waals surface area contributed by atoms with Gasteiger partial charge in [-0.25, -0.2) is 9.18 Å². The second-order valence-corrected chi connectivity index (χ2v) is 11.4. The second-order valence-electron chi connectivity index (χ2n) is 11.0. The molecule has 3 aromatic rings. The Hall–Kier alpha value is -4.46. The van der Waals surface area contributed by atoms with Crippen molar-refractivity contribution in [2.45, 2.75) is 56.2 Å². The van der Waals surface area contributed by atoms with Gasteiger partial charge in [0.1, 0.15) is 17.1 Å². The van der Waals surface area contributed by atoms with Crippen molar-refractivity contribution in [3.05, 3.63) is 94.5 Å². The molecule has 3 N–H and O–H groups in total. The van der Waals surface area contributed by atoms with Gasteiger partial charge in [-0.1, -0.05) is 41.9 Å². The van der Waals surface area contributed by atoms with Gasteiger partial charge in [0.05, 0.1) is 24.2 Å². The normalized spacial score (nSPS) is 17.4. The number of benzene rings is 2. The Morgan fingerprint density at radius 1 is 1.06 bits per heavy atom. The van der Waals surface area contributed by atoms with E-state index in [9.17, 15) is 31.9 Å². The number of alkyl halides is 4. The molecule has 0 saturated heterocycles. The first-order valence-corrected chi connectivity index (χ1v) is 14.9. The molecule has 0 aliphatic heterocycles. The highest BCUT2D eigenvalue weighted by Gasteiger charge is 2.45. The van der Waals surface area contributed by atoms with Gasteiger partial charge in [0, 0.05) is 37.2 Å². The summed E-state index contributed by atoms with van der Waals surface area (Å²) >= 11 is 6.08. The van der Waals surface area contributed by atoms with E-state index < -0.39 is 53.6 Å². The van der Waals surface area contributed by atoms with Crippen molar-refractivity contribution in [3.8, 4) is 5.75 Å². The Balaban J connectivity index is 1.66. The fourth-order valence-corrected chi connectivity index (χ4v) is 5.53. The van der Waals surface area contributed by atoms with E-state index in [1.807, 2.05) is 0 Å². The molecule has 1 aliphatic rings. The number of nitrogens with one attached hydrogen (secondary N) is 3. The van der Waals surface area contributed by atoms with Crippen LogP contribution in [0.2, 0.25) is 5.02 Å². The third-order valence-electron chi connectivity index (χ3n) is 7.67. The largest absolute Gasteiger partial charge is 0.469 e. The predicted molar refractivity (Wildman–Crippen MR) is 161 cm³/mol. The molecule has 1 heterocycles. The number of rotatable bonds is 13. The Labute approximate surface area is 272 Å². The minimum atomic E-state index is -4.93. The standard InChI is InChI=1S/C32H32ClF5N4O5/c1-46-27(43)11-12-39-28(44)20-7-9-24(13-20)41-30(45)42-31(17-19-5-3-2-4-6-19,26-10-8-22(33)18-40-26)21-14-23(34)16-25(15-21)47-32(37,38)29(35)36/h2-6,8,10,14-16,18,20,24,29H,7,9,11-13,17H2,1H3,(H,39,44)(H2,41,42,45)/t20-,24+,31-/m0/s1. The van der Waals surface area contributed by atoms with Gasteiger partial charge in [0.15, 0.2) is 0 Å². The van der Waals surface area contributed by atoms with Crippen molar-refractivity contribution >= 4 is 29.5 Å².